The number of aliphatic hydroxyl groups is 2. The summed E-state index contributed by atoms with van der Waals surface area (Å²) in [7, 11) is 0. The van der Waals surface area contributed by atoms with Crippen LogP contribution in [-0.2, 0) is 19.1 Å². The molecule has 0 bridgehead atoms. The Labute approximate surface area is 198 Å². The molecule has 3 saturated carbocycles. The van der Waals surface area contributed by atoms with Crippen molar-refractivity contribution in [2.45, 2.75) is 76.1 Å². The van der Waals surface area contributed by atoms with Crippen LogP contribution >= 0.6 is 11.6 Å². The van der Waals surface area contributed by atoms with Crippen molar-refractivity contribution in [3.05, 3.63) is 23.8 Å². The average Bonchev–Trinajstić information content (AvgIpc) is 2.98. The third-order valence-electron chi connectivity index (χ3n) is 9.29. The predicted molar refractivity (Wildman–Crippen MR) is 119 cm³/mol. The number of carbonyl (C=O) groups is 3. The van der Waals surface area contributed by atoms with Crippen molar-refractivity contribution in [2.75, 3.05) is 6.61 Å². The number of hydrogen-bond donors (Lipinski definition) is 2. The molecule has 0 aliphatic heterocycles. The van der Waals surface area contributed by atoms with E-state index in [-0.39, 0.29) is 36.5 Å². The monoisotopic (exact) mass is 482 g/mol. The van der Waals surface area contributed by atoms with Gasteiger partial charge < -0.3 is 14.9 Å². The maximum absolute atomic E-state index is 15.6. The average molecular weight is 483 g/mol. The molecule has 0 aromatic heterocycles. The summed E-state index contributed by atoms with van der Waals surface area (Å²) < 4.78 is 21.4. The number of Topliss-reactive ketones (excluding diaryl/α,β-unsaturated/α-hetero) is 1. The van der Waals surface area contributed by atoms with Crippen LogP contribution in [0.25, 0.3) is 0 Å². The van der Waals surface area contributed by atoms with E-state index in [1.165, 1.54) is 12.2 Å². The standard InChI is InChI=1S/C25H32ClFO6/c1-5-21(32)33-25(20(31)12-28)13(2)8-15-16-10-18(27)17-9-14(29)6-7-22(17,3)24(16,26)19(30)11-23(15,25)4/h6-7,9,13,15-16,18-19,28,30H,5,8,10-12H2,1-4H3/t13?,15-,16-,18?,19-,22-,23-,24-,25+/m0/s1. The maximum atomic E-state index is 15.6. The Morgan fingerprint density at radius 1 is 1.27 bits per heavy atom. The number of esters is 1. The summed E-state index contributed by atoms with van der Waals surface area (Å²) in [5.74, 6) is -2.86. The van der Waals surface area contributed by atoms with E-state index in [9.17, 15) is 24.6 Å². The van der Waals surface area contributed by atoms with Crippen LogP contribution in [0.4, 0.5) is 4.39 Å². The van der Waals surface area contributed by atoms with Gasteiger partial charge in [0.1, 0.15) is 12.8 Å². The number of hydrogen-bond acceptors (Lipinski definition) is 6. The number of rotatable bonds is 4. The number of ketones is 2. The van der Waals surface area contributed by atoms with Crippen molar-refractivity contribution in [1.82, 2.24) is 0 Å². The van der Waals surface area contributed by atoms with Gasteiger partial charge in [-0.2, -0.15) is 0 Å². The molecule has 2 unspecified atom stereocenters. The number of carbonyl (C=O) groups excluding carboxylic acids is 3. The van der Waals surface area contributed by atoms with E-state index in [4.69, 9.17) is 16.3 Å². The third-order valence-corrected chi connectivity index (χ3v) is 10.2. The quantitative estimate of drug-likeness (QED) is 0.471. The van der Waals surface area contributed by atoms with Crippen molar-refractivity contribution in [3.8, 4) is 0 Å². The van der Waals surface area contributed by atoms with E-state index in [2.05, 4.69) is 0 Å². The molecule has 4 rings (SSSR count). The van der Waals surface area contributed by atoms with Crippen molar-refractivity contribution in [3.63, 3.8) is 0 Å². The van der Waals surface area contributed by atoms with E-state index in [1.807, 2.05) is 0 Å². The fourth-order valence-electron chi connectivity index (χ4n) is 7.76. The van der Waals surface area contributed by atoms with Crippen LogP contribution in [0.5, 0.6) is 0 Å². The number of aliphatic hydroxyl groups excluding tert-OH is 2. The van der Waals surface area contributed by atoms with E-state index >= 15 is 4.39 Å². The lowest BCUT2D eigenvalue weighted by Gasteiger charge is -2.64. The lowest BCUT2D eigenvalue weighted by Crippen LogP contribution is -2.70. The fourth-order valence-corrected chi connectivity index (χ4v) is 8.25. The lowest BCUT2D eigenvalue weighted by molar-refractivity contribution is -0.203. The molecule has 9 atom stereocenters. The second-order valence-corrected chi connectivity index (χ2v) is 11.3. The second kappa shape index (κ2) is 7.72. The largest absolute Gasteiger partial charge is 0.450 e. The van der Waals surface area contributed by atoms with Crippen LogP contribution in [-0.4, -0.2) is 57.1 Å². The summed E-state index contributed by atoms with van der Waals surface area (Å²) in [6.07, 6.45) is 2.13. The highest BCUT2D eigenvalue weighted by Gasteiger charge is 2.77. The molecule has 0 amide bonds. The first-order valence-corrected chi connectivity index (χ1v) is 12.0. The Hall–Kier alpha value is -1.57. The summed E-state index contributed by atoms with van der Waals surface area (Å²) in [4.78, 5) is 36.4. The minimum absolute atomic E-state index is 0.0127. The Balaban J connectivity index is 1.88. The molecule has 6 nitrogen and oxygen atoms in total. The number of allylic oxidation sites excluding steroid dienone is 4. The van der Waals surface area contributed by atoms with Gasteiger partial charge in [0.05, 0.1) is 11.0 Å². The molecule has 33 heavy (non-hydrogen) atoms. The van der Waals surface area contributed by atoms with Gasteiger partial charge in [0.25, 0.3) is 0 Å². The smallest absolute Gasteiger partial charge is 0.306 e. The number of fused-ring (bicyclic) bond motifs is 5. The van der Waals surface area contributed by atoms with Gasteiger partial charge in [-0.15, -0.1) is 11.6 Å². The molecule has 0 aromatic rings. The van der Waals surface area contributed by atoms with Crippen LogP contribution in [0, 0.1) is 28.6 Å². The predicted octanol–water partition coefficient (Wildman–Crippen LogP) is 3.07. The Bertz CT molecular complexity index is 963. The van der Waals surface area contributed by atoms with Crippen molar-refractivity contribution in [1.29, 1.82) is 0 Å². The van der Waals surface area contributed by atoms with Crippen molar-refractivity contribution >= 4 is 29.1 Å². The fraction of sp³-hybridized carbons (Fsp3) is 0.720. The zero-order chi connectivity index (χ0) is 24.6. The molecule has 0 heterocycles. The summed E-state index contributed by atoms with van der Waals surface area (Å²) >= 11 is 7.31. The summed E-state index contributed by atoms with van der Waals surface area (Å²) in [6.45, 7) is 6.15. The summed E-state index contributed by atoms with van der Waals surface area (Å²) in [5, 5.41) is 21.4. The summed E-state index contributed by atoms with van der Waals surface area (Å²) in [5.41, 5.74) is -3.52. The highest BCUT2D eigenvalue weighted by molar-refractivity contribution is 6.26. The van der Waals surface area contributed by atoms with Gasteiger partial charge in [0.15, 0.2) is 11.4 Å². The highest BCUT2D eigenvalue weighted by atomic mass is 35.5. The first-order chi connectivity index (χ1) is 15.3. The molecule has 0 spiro atoms. The number of ether oxygens (including phenoxy) is 1. The van der Waals surface area contributed by atoms with Crippen LogP contribution < -0.4 is 0 Å². The van der Waals surface area contributed by atoms with Crippen LogP contribution in [0.1, 0.15) is 53.4 Å². The minimum Gasteiger partial charge on any atom is -0.450 e. The number of halogens is 2. The Morgan fingerprint density at radius 3 is 2.55 bits per heavy atom. The van der Waals surface area contributed by atoms with Gasteiger partial charge in [0.2, 0.25) is 5.78 Å². The van der Waals surface area contributed by atoms with Gasteiger partial charge >= 0.3 is 5.97 Å². The lowest BCUT2D eigenvalue weighted by atomic mass is 9.45. The van der Waals surface area contributed by atoms with Crippen LogP contribution in [0.15, 0.2) is 23.8 Å². The number of alkyl halides is 2. The Morgan fingerprint density at radius 2 is 1.94 bits per heavy atom. The molecule has 2 N–H and O–H groups in total. The molecule has 182 valence electrons. The molecule has 0 saturated heterocycles. The molecule has 4 aliphatic carbocycles. The van der Waals surface area contributed by atoms with Crippen molar-refractivity contribution in [2.24, 2.45) is 28.6 Å². The molecule has 8 heteroatoms. The van der Waals surface area contributed by atoms with E-state index in [1.54, 1.807) is 33.8 Å². The highest BCUT2D eigenvalue weighted by Crippen LogP contribution is 2.72. The van der Waals surface area contributed by atoms with Crippen LogP contribution in [0.2, 0.25) is 0 Å². The molecular formula is C25H32ClFO6. The first kappa shape index (κ1) is 24.6. The van der Waals surface area contributed by atoms with E-state index in [0.717, 1.165) is 0 Å². The molecule has 4 aliphatic rings. The molecule has 3 fully saturated rings. The normalized spacial score (nSPS) is 48.4. The second-order valence-electron chi connectivity index (χ2n) is 10.6. The zero-order valence-corrected chi connectivity index (χ0v) is 20.2. The molecular weight excluding hydrogens is 451 g/mol. The van der Waals surface area contributed by atoms with Gasteiger partial charge in [-0.3, -0.25) is 14.4 Å². The summed E-state index contributed by atoms with van der Waals surface area (Å²) in [6, 6.07) is 0. The SMILES string of the molecule is CCC(=O)O[C@@]1(C(=O)CO)C(C)C[C@H]2[C@@H]3CC(F)C4=CC(=O)C=C[C@]4(C)[C@@]3(Cl)[C@@H](O)C[C@@]21C. The van der Waals surface area contributed by atoms with Crippen molar-refractivity contribution < 1.29 is 33.7 Å². The topological polar surface area (TPSA) is 101 Å². The third kappa shape index (κ3) is 2.88. The van der Waals surface area contributed by atoms with Gasteiger partial charge in [-0.25, -0.2) is 4.39 Å². The minimum atomic E-state index is -1.64. The van der Waals surface area contributed by atoms with Gasteiger partial charge in [-0.1, -0.05) is 33.8 Å². The van der Waals surface area contributed by atoms with Gasteiger partial charge in [0, 0.05) is 23.2 Å². The Kier molecular flexibility index (Phi) is 5.74. The molecule has 0 radical (unpaired) electrons. The first-order valence-electron chi connectivity index (χ1n) is 11.7. The van der Waals surface area contributed by atoms with E-state index < -0.39 is 63.8 Å². The van der Waals surface area contributed by atoms with Gasteiger partial charge in [-0.05, 0) is 48.8 Å². The van der Waals surface area contributed by atoms with E-state index in [0.29, 0.717) is 6.42 Å². The van der Waals surface area contributed by atoms with Crippen LogP contribution in [0.3, 0.4) is 0 Å². The maximum Gasteiger partial charge on any atom is 0.306 e. The zero-order valence-electron chi connectivity index (χ0n) is 19.4. The molecule has 0 aromatic carbocycles.